The molecule has 1 aliphatic rings. The maximum absolute atomic E-state index is 12.7. The average molecular weight is 490 g/mol. The largest absolute Gasteiger partial charge is 0.418 e. The number of hydrogen-bond acceptors (Lipinski definition) is 8. The minimum Gasteiger partial charge on any atom is -0.389 e. The number of carbonyl (C=O) groups is 2. The maximum Gasteiger partial charge on any atom is 0.418 e. The van der Waals surface area contributed by atoms with Crippen molar-refractivity contribution in [3.8, 4) is 5.88 Å². The van der Waals surface area contributed by atoms with E-state index in [0.29, 0.717) is 11.4 Å². The molecule has 1 fully saturated rings. The molecule has 3 aromatic rings. The summed E-state index contributed by atoms with van der Waals surface area (Å²) in [5.41, 5.74) is 1.29. The summed E-state index contributed by atoms with van der Waals surface area (Å²) in [6.45, 7) is -0.525. The number of alkyl halides is 3. The van der Waals surface area contributed by atoms with Gasteiger partial charge in [-0.25, -0.2) is 19.7 Å². The van der Waals surface area contributed by atoms with E-state index in [1.54, 1.807) is 6.07 Å². The molecule has 0 unspecified atom stereocenters. The Morgan fingerprint density at radius 2 is 1.91 bits per heavy atom. The van der Waals surface area contributed by atoms with Crippen LogP contribution < -0.4 is 20.7 Å². The van der Waals surface area contributed by atoms with Crippen LogP contribution in [0.25, 0.3) is 0 Å². The van der Waals surface area contributed by atoms with Gasteiger partial charge in [0, 0.05) is 31.4 Å². The lowest BCUT2D eigenvalue weighted by molar-refractivity contribution is -0.137. The van der Waals surface area contributed by atoms with Gasteiger partial charge in [0.1, 0.15) is 12.0 Å². The predicted molar refractivity (Wildman–Crippen MR) is 117 cm³/mol. The summed E-state index contributed by atoms with van der Waals surface area (Å²) in [5, 5.41) is 11.6. The Kier molecular flexibility index (Phi) is 6.80. The van der Waals surface area contributed by atoms with Crippen LogP contribution in [0.2, 0.25) is 0 Å². The molecule has 0 bridgehead atoms. The minimum absolute atomic E-state index is 0.0262. The van der Waals surface area contributed by atoms with Crippen LogP contribution in [-0.4, -0.2) is 50.0 Å². The molecule has 3 heterocycles. The van der Waals surface area contributed by atoms with E-state index < -0.39 is 31.1 Å². The molecule has 0 aliphatic heterocycles. The molecule has 0 aromatic carbocycles. The van der Waals surface area contributed by atoms with Crippen molar-refractivity contribution in [2.75, 3.05) is 17.7 Å². The van der Waals surface area contributed by atoms with Crippen LogP contribution in [0.1, 0.15) is 41.4 Å². The third kappa shape index (κ3) is 6.43. The van der Waals surface area contributed by atoms with E-state index in [2.05, 4.69) is 36.0 Å². The third-order valence-electron chi connectivity index (χ3n) is 4.97. The number of rotatable bonds is 8. The van der Waals surface area contributed by atoms with Gasteiger partial charge in [-0.3, -0.25) is 14.8 Å². The summed E-state index contributed by atoms with van der Waals surface area (Å²) in [6.07, 6.45) is 0.940. The lowest BCUT2D eigenvalue weighted by Gasteiger charge is -2.13. The third-order valence-corrected chi connectivity index (χ3v) is 4.97. The number of aryl methyl sites for hydroxylation is 1. The zero-order chi connectivity index (χ0) is 25.0. The number of amides is 2. The van der Waals surface area contributed by atoms with Crippen LogP contribution in [0.4, 0.5) is 35.0 Å². The van der Waals surface area contributed by atoms with Crippen LogP contribution in [0.3, 0.4) is 0 Å². The van der Waals surface area contributed by atoms with Crippen LogP contribution in [0.5, 0.6) is 5.88 Å². The summed E-state index contributed by atoms with van der Waals surface area (Å²) >= 11 is 0. The fourth-order valence-corrected chi connectivity index (χ4v) is 3.13. The van der Waals surface area contributed by atoms with Crippen molar-refractivity contribution in [3.63, 3.8) is 0 Å². The Hall–Kier alpha value is -4.23. The quantitative estimate of drug-likeness (QED) is 0.436. The molecule has 184 valence electrons. The summed E-state index contributed by atoms with van der Waals surface area (Å²) in [6, 6.07) is 3.53. The highest BCUT2D eigenvalue weighted by molar-refractivity contribution is 6.01. The van der Waals surface area contributed by atoms with E-state index in [4.69, 9.17) is 4.74 Å². The Morgan fingerprint density at radius 3 is 2.57 bits per heavy atom. The maximum atomic E-state index is 12.7. The second-order valence-corrected chi connectivity index (χ2v) is 7.73. The van der Waals surface area contributed by atoms with E-state index in [1.165, 1.54) is 25.8 Å². The van der Waals surface area contributed by atoms with Gasteiger partial charge in [0.15, 0.2) is 5.69 Å². The van der Waals surface area contributed by atoms with Crippen molar-refractivity contribution in [1.82, 2.24) is 30.0 Å². The van der Waals surface area contributed by atoms with Gasteiger partial charge < -0.3 is 15.4 Å². The van der Waals surface area contributed by atoms with E-state index in [1.807, 2.05) is 6.07 Å². The molecule has 0 spiro atoms. The molecule has 1 aliphatic carbocycles. The molecule has 35 heavy (non-hydrogen) atoms. The molecule has 0 atom stereocenters. The number of halogens is 3. The van der Waals surface area contributed by atoms with Gasteiger partial charge in [0.05, 0.1) is 30.2 Å². The van der Waals surface area contributed by atoms with Crippen LogP contribution in [-0.2, 0) is 6.54 Å². The highest BCUT2D eigenvalue weighted by Crippen LogP contribution is 2.41. The number of aromatic nitrogens is 5. The molecular weight excluding hydrogens is 469 g/mol. The smallest absolute Gasteiger partial charge is 0.389 e. The van der Waals surface area contributed by atoms with Gasteiger partial charge >= 0.3 is 12.3 Å². The van der Waals surface area contributed by atoms with Crippen molar-refractivity contribution in [1.29, 1.82) is 0 Å². The summed E-state index contributed by atoms with van der Waals surface area (Å²) in [4.78, 5) is 37.1. The SMILES string of the molecule is CNC(=O)c1nn(CCC(F)(F)F)cc1NC(=O)Oc1nc(C2CC2)ccc1Nc1cncnc1. The summed E-state index contributed by atoms with van der Waals surface area (Å²) < 4.78 is 44.1. The number of hydrogen-bond donors (Lipinski definition) is 3. The first-order valence-corrected chi connectivity index (χ1v) is 10.6. The Bertz CT molecular complexity index is 1210. The van der Waals surface area contributed by atoms with Gasteiger partial charge in [0.2, 0.25) is 5.88 Å². The Labute approximate surface area is 197 Å². The molecule has 0 saturated heterocycles. The number of nitrogens with one attached hydrogen (secondary N) is 3. The molecule has 3 aromatic heterocycles. The highest BCUT2D eigenvalue weighted by atomic mass is 19.4. The monoisotopic (exact) mass is 490 g/mol. The lowest BCUT2D eigenvalue weighted by Crippen LogP contribution is -2.23. The van der Waals surface area contributed by atoms with Crippen LogP contribution in [0.15, 0.2) is 37.1 Å². The molecule has 2 amide bonds. The molecule has 14 heteroatoms. The molecule has 0 radical (unpaired) electrons. The standard InChI is InChI=1S/C21H21F3N8O3/c1-25-18(33)17-16(10-32(31-17)7-6-21(22,23)24)30-20(34)35-19-15(28-13-8-26-11-27-9-13)5-4-14(29-19)12-2-3-12/h4-5,8-12,28H,2-3,6-7H2,1H3,(H,25,33)(H,30,34). The summed E-state index contributed by atoms with van der Waals surface area (Å²) in [5.74, 6) is -0.436. The fraction of sp³-hybridized carbons (Fsp3) is 0.333. The van der Waals surface area contributed by atoms with Crippen molar-refractivity contribution in [2.24, 2.45) is 0 Å². The highest BCUT2D eigenvalue weighted by Gasteiger charge is 2.29. The van der Waals surface area contributed by atoms with Gasteiger partial charge in [-0.05, 0) is 25.0 Å². The first-order valence-electron chi connectivity index (χ1n) is 10.6. The molecule has 1 saturated carbocycles. The number of nitrogens with zero attached hydrogens (tertiary/aromatic N) is 5. The first kappa shape index (κ1) is 23.9. The normalized spacial score (nSPS) is 13.3. The van der Waals surface area contributed by atoms with E-state index >= 15 is 0 Å². The predicted octanol–water partition coefficient (Wildman–Crippen LogP) is 3.61. The topological polar surface area (TPSA) is 136 Å². The molecule has 4 rings (SSSR count). The minimum atomic E-state index is -4.41. The van der Waals surface area contributed by atoms with Gasteiger partial charge in [-0.1, -0.05) is 0 Å². The van der Waals surface area contributed by atoms with Crippen LogP contribution >= 0.6 is 0 Å². The zero-order valence-corrected chi connectivity index (χ0v) is 18.5. The Morgan fingerprint density at radius 1 is 1.17 bits per heavy atom. The van der Waals surface area contributed by atoms with Crippen molar-refractivity contribution in [3.05, 3.63) is 48.4 Å². The van der Waals surface area contributed by atoms with Gasteiger partial charge in [-0.2, -0.15) is 18.3 Å². The molecule has 11 nitrogen and oxygen atoms in total. The molecule has 3 N–H and O–H groups in total. The van der Waals surface area contributed by atoms with Crippen molar-refractivity contribution >= 4 is 29.1 Å². The number of pyridine rings is 1. The Balaban J connectivity index is 1.54. The number of ether oxygens (including phenoxy) is 1. The van der Waals surface area contributed by atoms with Crippen molar-refractivity contribution < 1.29 is 27.5 Å². The average Bonchev–Trinajstić information content (AvgIpc) is 3.59. The zero-order valence-electron chi connectivity index (χ0n) is 18.5. The van der Waals surface area contributed by atoms with Gasteiger partial charge in [-0.15, -0.1) is 0 Å². The summed E-state index contributed by atoms with van der Waals surface area (Å²) in [7, 11) is 1.33. The fourth-order valence-electron chi connectivity index (χ4n) is 3.13. The second kappa shape index (κ2) is 9.95. The molecular formula is C21H21F3N8O3. The number of carbonyl (C=O) groups excluding carboxylic acids is 2. The number of anilines is 3. The van der Waals surface area contributed by atoms with Crippen molar-refractivity contribution in [2.45, 2.75) is 37.9 Å². The second-order valence-electron chi connectivity index (χ2n) is 7.73. The van der Waals surface area contributed by atoms with E-state index in [0.717, 1.165) is 29.4 Å². The van der Waals surface area contributed by atoms with Gasteiger partial charge in [0.25, 0.3) is 5.91 Å². The van der Waals surface area contributed by atoms with Crippen LogP contribution in [0, 0.1) is 0 Å². The lowest BCUT2D eigenvalue weighted by atomic mass is 10.2. The van der Waals surface area contributed by atoms with E-state index in [-0.39, 0.29) is 23.2 Å². The van der Waals surface area contributed by atoms with E-state index in [9.17, 15) is 22.8 Å². The first-order chi connectivity index (χ1) is 16.7.